The number of nitrogens with two attached hydrogens (primary N) is 1. The number of amides is 3. The molecule has 0 aliphatic heterocycles. The Kier molecular flexibility index (Phi) is 31.6. The van der Waals surface area contributed by atoms with Crippen LogP contribution in [0.2, 0.25) is 0 Å². The van der Waals surface area contributed by atoms with Gasteiger partial charge in [0.15, 0.2) is 0 Å². The molecule has 0 aliphatic rings. The van der Waals surface area contributed by atoms with Crippen LogP contribution in [0.5, 0.6) is 0 Å². The van der Waals surface area contributed by atoms with Crippen LogP contribution in [0.15, 0.2) is 48.6 Å². The second-order valence-corrected chi connectivity index (χ2v) is 11.6. The fourth-order valence-electron chi connectivity index (χ4n) is 2.88. The Bertz CT molecular complexity index is 1150. The molecule has 3 amide bonds. The topological polar surface area (TPSA) is 256 Å². The number of hydrogen-bond donors (Lipinski definition) is 5. The molecule has 0 rings (SSSR count). The summed E-state index contributed by atoms with van der Waals surface area (Å²) in [6, 6.07) is 0. The molecule has 17 nitrogen and oxygen atoms in total. The third-order valence-electron chi connectivity index (χ3n) is 5.33. The zero-order valence-corrected chi connectivity index (χ0v) is 31.1. The highest BCUT2D eigenvalue weighted by Crippen LogP contribution is 2.26. The minimum Gasteiger partial charge on any atom is -0.478 e. The third kappa shape index (κ3) is 40.7. The first-order valence-corrected chi connectivity index (χ1v) is 15.6. The summed E-state index contributed by atoms with van der Waals surface area (Å²) in [5.41, 5.74) is 5.26. The fraction of sp³-hybridized carbons (Fsp3) is 0.559. The molecule has 1 atom stereocenters. The first kappa shape index (κ1) is 52.5. The third-order valence-corrected chi connectivity index (χ3v) is 5.33. The number of aliphatic carboxylic acids is 2. The van der Waals surface area contributed by atoms with E-state index >= 15 is 0 Å². The maximum Gasteiger partial charge on any atom is 0.407 e. The van der Waals surface area contributed by atoms with Crippen molar-refractivity contribution in [1.29, 1.82) is 0 Å². The van der Waals surface area contributed by atoms with Crippen molar-refractivity contribution in [2.45, 2.75) is 68.2 Å². The number of carbonyl (C=O) groups is 7. The molecule has 6 N–H and O–H groups in total. The Morgan fingerprint density at radius 3 is 1.31 bits per heavy atom. The van der Waals surface area contributed by atoms with E-state index in [0.29, 0.717) is 19.7 Å². The van der Waals surface area contributed by atoms with E-state index in [2.05, 4.69) is 54.3 Å². The van der Waals surface area contributed by atoms with E-state index in [1.807, 2.05) is 13.8 Å². The second-order valence-electron chi connectivity index (χ2n) is 11.6. The lowest BCUT2D eigenvalue weighted by Gasteiger charge is -2.28. The standard InChI is InChI=1S/C23H38N2O8.2C4H6O2.C3H7NO2/c1-16(2)19(26)30-10-12-32-21(28)24-9-8-18(5)14-23(6,7)15-25-22(29)33-13-11-31-20(27)17(3)4;2*1-3(2)4(5)6;1-2-6-3(4)5/h18H,1,3,8-15H2,2,4-7H3,(H,24,28)(H,25,29);2*1H2,2H3,(H,5,6);2H2,1H3,(H2,4,5). The Hall–Kier alpha value is -5.35. The van der Waals surface area contributed by atoms with Crippen LogP contribution >= 0.6 is 0 Å². The molecule has 51 heavy (non-hydrogen) atoms. The summed E-state index contributed by atoms with van der Waals surface area (Å²) >= 11 is 0. The molecule has 0 saturated heterocycles. The van der Waals surface area contributed by atoms with Gasteiger partial charge < -0.3 is 50.3 Å². The number of esters is 2. The second kappa shape index (κ2) is 30.7. The van der Waals surface area contributed by atoms with Crippen molar-refractivity contribution in [2.24, 2.45) is 17.1 Å². The van der Waals surface area contributed by atoms with Crippen molar-refractivity contribution in [2.75, 3.05) is 46.1 Å². The van der Waals surface area contributed by atoms with Crippen molar-refractivity contribution in [3.05, 3.63) is 48.6 Å². The van der Waals surface area contributed by atoms with Crippen LogP contribution in [0.3, 0.4) is 0 Å². The van der Waals surface area contributed by atoms with E-state index in [-0.39, 0.29) is 60.1 Å². The molecule has 0 aromatic heterocycles. The van der Waals surface area contributed by atoms with Crippen molar-refractivity contribution < 1.29 is 67.5 Å². The molecule has 0 aliphatic carbocycles. The van der Waals surface area contributed by atoms with Gasteiger partial charge in [0.25, 0.3) is 0 Å². The number of ether oxygens (including phenoxy) is 5. The summed E-state index contributed by atoms with van der Waals surface area (Å²) in [4.78, 5) is 74.7. The molecular formula is C34H57N3O14. The van der Waals surface area contributed by atoms with Crippen LogP contribution < -0.4 is 16.4 Å². The van der Waals surface area contributed by atoms with Crippen LogP contribution in [0, 0.1) is 11.3 Å². The molecule has 0 fully saturated rings. The highest BCUT2D eigenvalue weighted by Gasteiger charge is 2.22. The van der Waals surface area contributed by atoms with Gasteiger partial charge in [-0.05, 0) is 58.8 Å². The molecule has 292 valence electrons. The predicted octanol–water partition coefficient (Wildman–Crippen LogP) is 4.52. The molecule has 17 heteroatoms. The minimum atomic E-state index is -0.935. The smallest absolute Gasteiger partial charge is 0.407 e. The fourth-order valence-corrected chi connectivity index (χ4v) is 2.88. The zero-order chi connectivity index (χ0) is 40.7. The lowest BCUT2D eigenvalue weighted by Crippen LogP contribution is -2.36. The van der Waals surface area contributed by atoms with Crippen LogP contribution in [-0.2, 0) is 42.9 Å². The molecule has 0 heterocycles. The van der Waals surface area contributed by atoms with Crippen molar-refractivity contribution in [3.63, 3.8) is 0 Å². The molecule has 0 radical (unpaired) electrons. The van der Waals surface area contributed by atoms with Gasteiger partial charge in [0.2, 0.25) is 0 Å². The number of hydrogen-bond acceptors (Lipinski definition) is 12. The van der Waals surface area contributed by atoms with Gasteiger partial charge in [-0.3, -0.25) is 0 Å². The van der Waals surface area contributed by atoms with E-state index in [1.165, 1.54) is 27.7 Å². The number of carboxylic acids is 2. The monoisotopic (exact) mass is 731 g/mol. The van der Waals surface area contributed by atoms with E-state index in [1.54, 1.807) is 6.92 Å². The summed E-state index contributed by atoms with van der Waals surface area (Å²) in [5, 5.41) is 21.1. The van der Waals surface area contributed by atoms with Crippen molar-refractivity contribution in [3.8, 4) is 0 Å². The molecule has 1 unspecified atom stereocenters. The van der Waals surface area contributed by atoms with Gasteiger partial charge >= 0.3 is 42.2 Å². The largest absolute Gasteiger partial charge is 0.478 e. The van der Waals surface area contributed by atoms with E-state index in [0.717, 1.165) is 12.8 Å². The van der Waals surface area contributed by atoms with Gasteiger partial charge in [0.1, 0.15) is 26.4 Å². The minimum absolute atomic E-state index is 0.0290. The van der Waals surface area contributed by atoms with Crippen LogP contribution in [0.1, 0.15) is 68.2 Å². The predicted molar refractivity (Wildman–Crippen MR) is 189 cm³/mol. The van der Waals surface area contributed by atoms with Crippen LogP contribution in [0.4, 0.5) is 14.4 Å². The number of carbonyl (C=O) groups excluding carboxylic acids is 5. The average Bonchev–Trinajstić information content (AvgIpc) is 3.00. The summed E-state index contributed by atoms with van der Waals surface area (Å²) in [7, 11) is 0. The van der Waals surface area contributed by atoms with Gasteiger partial charge in [-0.2, -0.15) is 0 Å². The Labute approximate surface area is 300 Å². The van der Waals surface area contributed by atoms with Crippen LogP contribution in [-0.4, -0.2) is 98.5 Å². The summed E-state index contributed by atoms with van der Waals surface area (Å²) < 4.78 is 23.8. The molecule has 0 aromatic carbocycles. The number of carboxylic acid groups (broad SMARTS) is 2. The quantitative estimate of drug-likeness (QED) is 0.0562. The Morgan fingerprint density at radius 2 is 1.02 bits per heavy atom. The van der Waals surface area contributed by atoms with Gasteiger partial charge in [-0.15, -0.1) is 0 Å². The highest BCUT2D eigenvalue weighted by molar-refractivity contribution is 5.87. The first-order chi connectivity index (χ1) is 23.4. The van der Waals surface area contributed by atoms with Gasteiger partial charge in [-0.25, -0.2) is 33.6 Å². The Balaban J connectivity index is -0.000000496. The molecule has 0 aromatic rings. The van der Waals surface area contributed by atoms with Crippen molar-refractivity contribution in [1.82, 2.24) is 10.6 Å². The number of primary amides is 1. The summed E-state index contributed by atoms with van der Waals surface area (Å²) in [6.07, 6.45) is -0.345. The van der Waals surface area contributed by atoms with Gasteiger partial charge in [0, 0.05) is 35.4 Å². The number of alkyl carbamates (subject to hydrolysis) is 2. The van der Waals surface area contributed by atoms with Crippen LogP contribution in [0.25, 0.3) is 0 Å². The normalized spacial score (nSPS) is 10.1. The lowest BCUT2D eigenvalue weighted by atomic mass is 9.82. The Morgan fingerprint density at radius 1 is 0.667 bits per heavy atom. The zero-order valence-electron chi connectivity index (χ0n) is 31.1. The first-order valence-electron chi connectivity index (χ1n) is 15.6. The van der Waals surface area contributed by atoms with Gasteiger partial charge in [0.05, 0.1) is 6.61 Å². The number of rotatable bonds is 18. The summed E-state index contributed by atoms with van der Waals surface area (Å²) in [5.74, 6) is -2.65. The van der Waals surface area contributed by atoms with Crippen molar-refractivity contribution >= 4 is 42.2 Å². The van der Waals surface area contributed by atoms with E-state index < -0.39 is 42.2 Å². The molecular weight excluding hydrogens is 674 g/mol. The van der Waals surface area contributed by atoms with Gasteiger partial charge in [-0.1, -0.05) is 47.1 Å². The highest BCUT2D eigenvalue weighted by atomic mass is 16.6. The maximum atomic E-state index is 11.8. The molecule has 0 saturated carbocycles. The molecule has 0 spiro atoms. The lowest BCUT2D eigenvalue weighted by molar-refractivity contribution is -0.140. The average molecular weight is 732 g/mol. The molecule has 0 bridgehead atoms. The number of nitrogens with one attached hydrogen (secondary N) is 2. The maximum absolute atomic E-state index is 11.8. The van der Waals surface area contributed by atoms with E-state index in [9.17, 15) is 33.6 Å². The summed E-state index contributed by atoms with van der Waals surface area (Å²) in [6.45, 7) is 28.0. The van der Waals surface area contributed by atoms with E-state index in [4.69, 9.17) is 29.2 Å². The SMILES string of the molecule is C=C(C)C(=O)O.C=C(C)C(=O)O.C=C(C)C(=O)OCCOC(=O)NCCC(C)CC(C)(C)CNC(=O)OCCOC(=O)C(=C)C.CCOC(N)=O.